The van der Waals surface area contributed by atoms with Crippen molar-refractivity contribution in [2.45, 2.75) is 13.8 Å². The average Bonchev–Trinajstić information content (AvgIpc) is 2.75. The second-order valence-electron chi connectivity index (χ2n) is 7.08. The van der Waals surface area contributed by atoms with Gasteiger partial charge in [-0.25, -0.2) is 4.98 Å². The molecule has 8 heteroatoms. The maximum absolute atomic E-state index is 12.9. The number of fused-ring (bicyclic) bond motifs is 1. The molecule has 0 saturated heterocycles. The zero-order chi connectivity index (χ0) is 22.1. The molecule has 1 amide bonds. The molecule has 0 aliphatic rings. The van der Waals surface area contributed by atoms with Crippen LogP contribution >= 0.6 is 0 Å². The van der Waals surface area contributed by atoms with Crippen LogP contribution in [0.5, 0.6) is 0 Å². The van der Waals surface area contributed by atoms with E-state index < -0.39 is 10.8 Å². The minimum Gasteiger partial charge on any atom is -0.322 e. The average molecular weight is 414 g/mol. The number of hydrogen-bond acceptors (Lipinski definition) is 5. The van der Waals surface area contributed by atoms with E-state index in [1.165, 1.54) is 10.6 Å². The molecule has 0 aliphatic carbocycles. The highest BCUT2D eigenvalue weighted by molar-refractivity contribution is 6.04. The van der Waals surface area contributed by atoms with Crippen molar-refractivity contribution < 1.29 is 9.72 Å². The van der Waals surface area contributed by atoms with Gasteiger partial charge in [0.25, 0.3) is 17.2 Å². The molecule has 4 aromatic rings. The minimum atomic E-state index is -0.489. The highest BCUT2D eigenvalue weighted by Crippen LogP contribution is 2.23. The second kappa shape index (κ2) is 7.83. The van der Waals surface area contributed by atoms with E-state index in [0.29, 0.717) is 39.2 Å². The number of hydrogen-bond donors (Lipinski definition) is 1. The number of carbonyl (C=O) groups excluding carboxylic acids is 1. The van der Waals surface area contributed by atoms with Gasteiger partial charge in [-0.3, -0.25) is 24.3 Å². The van der Waals surface area contributed by atoms with E-state index >= 15 is 0 Å². The van der Waals surface area contributed by atoms with Gasteiger partial charge in [-0.1, -0.05) is 18.2 Å². The fourth-order valence-electron chi connectivity index (χ4n) is 3.40. The zero-order valence-electron chi connectivity index (χ0n) is 16.8. The summed E-state index contributed by atoms with van der Waals surface area (Å²) in [6.07, 6.45) is 0. The molecule has 0 fully saturated rings. The SMILES string of the molecule is Cc1ccc(NC(=O)c2ccc(-n3c(C)nc4ccccc4c3=O)cc2)cc1[N+](=O)[O-]. The molecule has 1 N–H and O–H groups in total. The molecule has 0 aliphatic heterocycles. The van der Waals surface area contributed by atoms with Crippen molar-refractivity contribution in [3.8, 4) is 5.69 Å². The third kappa shape index (κ3) is 3.78. The van der Waals surface area contributed by atoms with Gasteiger partial charge >= 0.3 is 0 Å². The van der Waals surface area contributed by atoms with Gasteiger partial charge < -0.3 is 5.32 Å². The molecule has 0 unspecified atom stereocenters. The lowest BCUT2D eigenvalue weighted by atomic mass is 10.1. The van der Waals surface area contributed by atoms with Crippen molar-refractivity contribution in [3.63, 3.8) is 0 Å². The van der Waals surface area contributed by atoms with Crippen LogP contribution in [-0.2, 0) is 0 Å². The molecular weight excluding hydrogens is 396 g/mol. The van der Waals surface area contributed by atoms with Crippen LogP contribution in [0.2, 0.25) is 0 Å². The van der Waals surface area contributed by atoms with Gasteiger partial charge in [0.05, 0.1) is 21.5 Å². The number of nitro groups is 1. The standard InChI is InChI=1S/C23H18N4O4/c1-14-7-10-17(13-21(14)27(30)31)25-22(28)16-8-11-18(12-9-16)26-15(2)24-20-6-4-3-5-19(20)23(26)29/h3-13H,1-2H3,(H,25,28). The number of aromatic nitrogens is 2. The maximum Gasteiger partial charge on any atom is 0.274 e. The van der Waals surface area contributed by atoms with Crippen LogP contribution in [-0.4, -0.2) is 20.4 Å². The molecule has 31 heavy (non-hydrogen) atoms. The molecule has 0 bridgehead atoms. The highest BCUT2D eigenvalue weighted by atomic mass is 16.6. The van der Waals surface area contributed by atoms with E-state index in [-0.39, 0.29) is 11.2 Å². The van der Waals surface area contributed by atoms with Crippen LogP contribution in [0.3, 0.4) is 0 Å². The Bertz CT molecular complexity index is 1390. The van der Waals surface area contributed by atoms with Crippen molar-refractivity contribution in [1.29, 1.82) is 0 Å². The number of nitro benzene ring substituents is 1. The lowest BCUT2D eigenvalue weighted by Gasteiger charge is -2.12. The fraction of sp³-hybridized carbons (Fsp3) is 0.0870. The fourth-order valence-corrected chi connectivity index (χ4v) is 3.40. The lowest BCUT2D eigenvalue weighted by molar-refractivity contribution is -0.385. The van der Waals surface area contributed by atoms with Crippen LogP contribution in [0.4, 0.5) is 11.4 Å². The molecule has 1 heterocycles. The third-order valence-electron chi connectivity index (χ3n) is 4.99. The first-order valence-corrected chi connectivity index (χ1v) is 9.50. The molecule has 154 valence electrons. The summed E-state index contributed by atoms with van der Waals surface area (Å²) in [4.78, 5) is 40.6. The largest absolute Gasteiger partial charge is 0.322 e. The summed E-state index contributed by atoms with van der Waals surface area (Å²) < 4.78 is 1.49. The molecule has 0 radical (unpaired) electrons. The van der Waals surface area contributed by atoms with Crippen molar-refractivity contribution in [3.05, 3.63) is 104 Å². The van der Waals surface area contributed by atoms with Gasteiger partial charge in [-0.15, -0.1) is 0 Å². The monoisotopic (exact) mass is 414 g/mol. The molecule has 8 nitrogen and oxygen atoms in total. The molecule has 0 spiro atoms. The number of anilines is 1. The first kappa shape index (κ1) is 20.0. The van der Waals surface area contributed by atoms with Crippen LogP contribution in [0.1, 0.15) is 21.7 Å². The topological polar surface area (TPSA) is 107 Å². The number of rotatable bonds is 4. The number of benzene rings is 3. The summed E-state index contributed by atoms with van der Waals surface area (Å²) in [7, 11) is 0. The number of nitrogens with zero attached hydrogens (tertiary/aromatic N) is 3. The van der Waals surface area contributed by atoms with E-state index in [0.717, 1.165) is 0 Å². The van der Waals surface area contributed by atoms with Crippen molar-refractivity contribution in [2.24, 2.45) is 0 Å². The summed E-state index contributed by atoms with van der Waals surface area (Å²) in [5.74, 6) is 0.123. The number of carbonyl (C=O) groups is 1. The summed E-state index contributed by atoms with van der Waals surface area (Å²) in [6, 6.07) is 18.2. The Morgan fingerprint density at radius 2 is 1.74 bits per heavy atom. The minimum absolute atomic E-state index is 0.0631. The molecule has 3 aromatic carbocycles. The first-order valence-electron chi connectivity index (χ1n) is 9.50. The zero-order valence-corrected chi connectivity index (χ0v) is 16.8. The van der Waals surface area contributed by atoms with E-state index in [9.17, 15) is 19.7 Å². The van der Waals surface area contributed by atoms with Gasteiger partial charge in [0.1, 0.15) is 5.82 Å². The number of para-hydroxylation sites is 1. The molecule has 1 aromatic heterocycles. The normalized spacial score (nSPS) is 10.8. The molecule has 4 rings (SSSR count). The van der Waals surface area contributed by atoms with Crippen LogP contribution < -0.4 is 10.9 Å². The number of amides is 1. The summed E-state index contributed by atoms with van der Waals surface area (Å²) in [5, 5.41) is 14.3. The summed E-state index contributed by atoms with van der Waals surface area (Å²) in [6.45, 7) is 3.38. The Morgan fingerprint density at radius 1 is 1.03 bits per heavy atom. The van der Waals surface area contributed by atoms with Gasteiger partial charge in [0.15, 0.2) is 0 Å². The number of aryl methyl sites for hydroxylation is 2. The van der Waals surface area contributed by atoms with Crippen LogP contribution in [0.25, 0.3) is 16.6 Å². The molecule has 0 atom stereocenters. The lowest BCUT2D eigenvalue weighted by Crippen LogP contribution is -2.22. The Kier molecular flexibility index (Phi) is 5.04. The van der Waals surface area contributed by atoms with Gasteiger partial charge in [0, 0.05) is 22.9 Å². The quantitative estimate of drug-likeness (QED) is 0.398. The highest BCUT2D eigenvalue weighted by Gasteiger charge is 2.14. The van der Waals surface area contributed by atoms with E-state index in [1.807, 2.05) is 6.07 Å². The Hall–Kier alpha value is -4.33. The van der Waals surface area contributed by atoms with Gasteiger partial charge in [0.2, 0.25) is 0 Å². The van der Waals surface area contributed by atoms with Crippen molar-refractivity contribution in [1.82, 2.24) is 9.55 Å². The summed E-state index contributed by atoms with van der Waals surface area (Å²) >= 11 is 0. The first-order chi connectivity index (χ1) is 14.8. The predicted octanol–water partition coefficient (Wildman–Crippen LogP) is 4.16. The van der Waals surface area contributed by atoms with Gasteiger partial charge in [-0.2, -0.15) is 0 Å². The van der Waals surface area contributed by atoms with Crippen molar-refractivity contribution in [2.75, 3.05) is 5.32 Å². The van der Waals surface area contributed by atoms with Gasteiger partial charge in [-0.05, 0) is 56.3 Å². The smallest absolute Gasteiger partial charge is 0.274 e. The third-order valence-corrected chi connectivity index (χ3v) is 4.99. The van der Waals surface area contributed by atoms with E-state index in [4.69, 9.17) is 0 Å². The number of nitrogens with one attached hydrogen (secondary N) is 1. The predicted molar refractivity (Wildman–Crippen MR) is 118 cm³/mol. The van der Waals surface area contributed by atoms with E-state index in [1.54, 1.807) is 68.4 Å². The molecule has 0 saturated carbocycles. The Balaban J connectivity index is 1.63. The Labute approximate surface area is 176 Å². The maximum atomic E-state index is 12.9. The second-order valence-corrected chi connectivity index (χ2v) is 7.08. The van der Waals surface area contributed by atoms with Crippen LogP contribution in [0, 0.1) is 24.0 Å². The summed E-state index contributed by atoms with van der Waals surface area (Å²) in [5.41, 5.74) is 2.16. The van der Waals surface area contributed by atoms with Crippen LogP contribution in [0.15, 0.2) is 71.5 Å². The van der Waals surface area contributed by atoms with E-state index in [2.05, 4.69) is 10.3 Å². The van der Waals surface area contributed by atoms with Crippen molar-refractivity contribution >= 4 is 28.2 Å². The molecular formula is C23H18N4O4. The Morgan fingerprint density at radius 3 is 2.45 bits per heavy atom.